The maximum atomic E-state index is 12.9. The molecule has 0 heterocycles. The van der Waals surface area contributed by atoms with E-state index in [1.807, 2.05) is 19.0 Å². The standard InChI is InChI=1S/C13H18FN3O2/c1-9-8-10(14)4-5-11(9)16-13(19)12(18)15-6-7-17(2)3/h4-5,8H,6-7H2,1-3H3,(H,15,18)(H,16,19). The monoisotopic (exact) mass is 267 g/mol. The molecule has 104 valence electrons. The molecule has 0 saturated heterocycles. The van der Waals surface area contributed by atoms with Gasteiger partial charge >= 0.3 is 11.8 Å². The molecule has 6 heteroatoms. The van der Waals surface area contributed by atoms with Crippen LogP contribution in [-0.2, 0) is 9.59 Å². The number of likely N-dealkylation sites (N-methyl/N-ethyl adjacent to an activating group) is 1. The van der Waals surface area contributed by atoms with E-state index in [0.29, 0.717) is 24.3 Å². The van der Waals surface area contributed by atoms with Gasteiger partial charge in [-0.25, -0.2) is 4.39 Å². The average molecular weight is 267 g/mol. The van der Waals surface area contributed by atoms with E-state index in [-0.39, 0.29) is 5.82 Å². The number of aryl methyl sites for hydroxylation is 1. The predicted octanol–water partition coefficient (Wildman–Crippen LogP) is 0.750. The van der Waals surface area contributed by atoms with Gasteiger partial charge in [0.05, 0.1) is 0 Å². The summed E-state index contributed by atoms with van der Waals surface area (Å²) < 4.78 is 12.9. The smallest absolute Gasteiger partial charge is 0.313 e. The van der Waals surface area contributed by atoms with E-state index in [2.05, 4.69) is 10.6 Å². The third-order valence-corrected chi connectivity index (χ3v) is 2.49. The van der Waals surface area contributed by atoms with Crippen LogP contribution in [-0.4, -0.2) is 43.9 Å². The van der Waals surface area contributed by atoms with Gasteiger partial charge in [-0.3, -0.25) is 9.59 Å². The zero-order chi connectivity index (χ0) is 14.4. The van der Waals surface area contributed by atoms with Gasteiger partial charge in [-0.2, -0.15) is 0 Å². The van der Waals surface area contributed by atoms with Gasteiger partial charge < -0.3 is 15.5 Å². The molecule has 0 aliphatic rings. The SMILES string of the molecule is Cc1cc(F)ccc1NC(=O)C(=O)NCCN(C)C. The second-order valence-electron chi connectivity index (χ2n) is 4.47. The van der Waals surface area contributed by atoms with E-state index in [1.165, 1.54) is 18.2 Å². The summed E-state index contributed by atoms with van der Waals surface area (Å²) in [6.07, 6.45) is 0. The molecular weight excluding hydrogens is 249 g/mol. The van der Waals surface area contributed by atoms with Crippen LogP contribution < -0.4 is 10.6 Å². The van der Waals surface area contributed by atoms with Crippen LogP contribution in [0.3, 0.4) is 0 Å². The molecule has 0 fully saturated rings. The summed E-state index contributed by atoms with van der Waals surface area (Å²) in [5, 5.41) is 4.94. The maximum Gasteiger partial charge on any atom is 0.313 e. The Morgan fingerprint density at radius 3 is 2.53 bits per heavy atom. The first kappa shape index (κ1) is 15.1. The van der Waals surface area contributed by atoms with E-state index in [0.717, 1.165) is 0 Å². The first-order chi connectivity index (χ1) is 8.90. The number of carbonyl (C=O) groups excluding carboxylic acids is 2. The van der Waals surface area contributed by atoms with Crippen molar-refractivity contribution in [3.63, 3.8) is 0 Å². The molecule has 1 aromatic rings. The minimum atomic E-state index is -0.756. The van der Waals surface area contributed by atoms with Crippen molar-refractivity contribution in [2.45, 2.75) is 6.92 Å². The van der Waals surface area contributed by atoms with Crippen LogP contribution in [0.15, 0.2) is 18.2 Å². The Morgan fingerprint density at radius 2 is 1.95 bits per heavy atom. The fourth-order valence-corrected chi connectivity index (χ4v) is 1.42. The van der Waals surface area contributed by atoms with E-state index < -0.39 is 11.8 Å². The van der Waals surface area contributed by atoms with Gasteiger partial charge in [-0.15, -0.1) is 0 Å². The van der Waals surface area contributed by atoms with Crippen LogP contribution in [0, 0.1) is 12.7 Å². The summed E-state index contributed by atoms with van der Waals surface area (Å²) in [6.45, 7) is 2.69. The Balaban J connectivity index is 2.52. The van der Waals surface area contributed by atoms with Crippen molar-refractivity contribution in [2.75, 3.05) is 32.5 Å². The third-order valence-electron chi connectivity index (χ3n) is 2.49. The molecule has 0 bridgehead atoms. The fourth-order valence-electron chi connectivity index (χ4n) is 1.42. The molecule has 1 aromatic carbocycles. The van der Waals surface area contributed by atoms with Crippen LogP contribution in [0.4, 0.5) is 10.1 Å². The molecule has 0 aromatic heterocycles. The topological polar surface area (TPSA) is 61.4 Å². The zero-order valence-corrected chi connectivity index (χ0v) is 11.3. The molecule has 0 spiro atoms. The number of benzene rings is 1. The van der Waals surface area contributed by atoms with Gasteiger partial charge in [0.2, 0.25) is 0 Å². The number of amides is 2. The van der Waals surface area contributed by atoms with Crippen molar-refractivity contribution >= 4 is 17.5 Å². The van der Waals surface area contributed by atoms with E-state index in [4.69, 9.17) is 0 Å². The van der Waals surface area contributed by atoms with Crippen molar-refractivity contribution in [2.24, 2.45) is 0 Å². The highest BCUT2D eigenvalue weighted by atomic mass is 19.1. The number of hydrogen-bond acceptors (Lipinski definition) is 3. The number of rotatable bonds is 4. The molecule has 0 aliphatic carbocycles. The molecule has 5 nitrogen and oxygen atoms in total. The molecule has 0 saturated carbocycles. The average Bonchev–Trinajstić information content (AvgIpc) is 2.32. The molecule has 2 amide bonds. The first-order valence-electron chi connectivity index (χ1n) is 5.90. The molecule has 2 N–H and O–H groups in total. The number of hydrogen-bond donors (Lipinski definition) is 2. The Labute approximate surface area is 111 Å². The van der Waals surface area contributed by atoms with Gasteiger partial charge in [0.25, 0.3) is 0 Å². The summed E-state index contributed by atoms with van der Waals surface area (Å²) >= 11 is 0. The quantitative estimate of drug-likeness (QED) is 0.791. The minimum absolute atomic E-state index is 0.383. The lowest BCUT2D eigenvalue weighted by atomic mass is 10.2. The maximum absolute atomic E-state index is 12.9. The lowest BCUT2D eigenvalue weighted by Crippen LogP contribution is -2.38. The van der Waals surface area contributed by atoms with E-state index in [9.17, 15) is 14.0 Å². The second-order valence-corrected chi connectivity index (χ2v) is 4.47. The van der Waals surface area contributed by atoms with Gasteiger partial charge in [-0.05, 0) is 44.8 Å². The fraction of sp³-hybridized carbons (Fsp3) is 0.385. The molecule has 0 unspecified atom stereocenters. The Kier molecular flexibility index (Phi) is 5.44. The van der Waals surface area contributed by atoms with Gasteiger partial charge in [0.15, 0.2) is 0 Å². The largest absolute Gasteiger partial charge is 0.347 e. The number of nitrogens with one attached hydrogen (secondary N) is 2. The number of anilines is 1. The van der Waals surface area contributed by atoms with Crippen molar-refractivity contribution in [3.8, 4) is 0 Å². The van der Waals surface area contributed by atoms with Gasteiger partial charge in [0, 0.05) is 18.8 Å². The molecule has 0 radical (unpaired) electrons. The molecule has 1 rings (SSSR count). The van der Waals surface area contributed by atoms with Crippen LogP contribution in [0.1, 0.15) is 5.56 Å². The number of halogens is 1. The van der Waals surface area contributed by atoms with E-state index in [1.54, 1.807) is 6.92 Å². The minimum Gasteiger partial charge on any atom is -0.347 e. The van der Waals surface area contributed by atoms with Gasteiger partial charge in [-0.1, -0.05) is 0 Å². The molecular formula is C13H18FN3O2. The van der Waals surface area contributed by atoms with Crippen LogP contribution in [0.5, 0.6) is 0 Å². The molecule has 0 aliphatic heterocycles. The molecule has 0 atom stereocenters. The third kappa shape index (κ3) is 5.05. The Morgan fingerprint density at radius 1 is 1.26 bits per heavy atom. The van der Waals surface area contributed by atoms with Crippen molar-refractivity contribution in [1.29, 1.82) is 0 Å². The lowest BCUT2D eigenvalue weighted by Gasteiger charge is -2.11. The van der Waals surface area contributed by atoms with Crippen molar-refractivity contribution < 1.29 is 14.0 Å². The normalized spacial score (nSPS) is 10.4. The lowest BCUT2D eigenvalue weighted by molar-refractivity contribution is -0.136. The summed E-state index contributed by atoms with van der Waals surface area (Å²) in [5.41, 5.74) is 0.989. The van der Waals surface area contributed by atoms with E-state index >= 15 is 0 Å². The van der Waals surface area contributed by atoms with Crippen molar-refractivity contribution in [3.05, 3.63) is 29.6 Å². The highest BCUT2D eigenvalue weighted by molar-refractivity contribution is 6.39. The number of nitrogens with zero attached hydrogens (tertiary/aromatic N) is 1. The van der Waals surface area contributed by atoms with Crippen LogP contribution in [0.25, 0.3) is 0 Å². The summed E-state index contributed by atoms with van der Waals surface area (Å²) in [7, 11) is 3.74. The summed E-state index contributed by atoms with van der Waals surface area (Å²) in [6, 6.07) is 3.95. The zero-order valence-electron chi connectivity index (χ0n) is 11.3. The van der Waals surface area contributed by atoms with Crippen LogP contribution >= 0.6 is 0 Å². The highest BCUT2D eigenvalue weighted by Gasteiger charge is 2.14. The predicted molar refractivity (Wildman–Crippen MR) is 71.3 cm³/mol. The Bertz CT molecular complexity index is 475. The molecule has 19 heavy (non-hydrogen) atoms. The van der Waals surface area contributed by atoms with Crippen molar-refractivity contribution in [1.82, 2.24) is 10.2 Å². The number of carbonyl (C=O) groups is 2. The first-order valence-corrected chi connectivity index (χ1v) is 5.90. The summed E-state index contributed by atoms with van der Waals surface area (Å²) in [4.78, 5) is 25.0. The van der Waals surface area contributed by atoms with Crippen LogP contribution in [0.2, 0.25) is 0 Å². The highest BCUT2D eigenvalue weighted by Crippen LogP contribution is 2.15. The Hall–Kier alpha value is -1.95. The summed E-state index contributed by atoms with van der Waals surface area (Å²) in [5.74, 6) is -1.84. The van der Waals surface area contributed by atoms with Gasteiger partial charge in [0.1, 0.15) is 5.82 Å². The second kappa shape index (κ2) is 6.84.